The number of hydrogen-bond donors (Lipinski definition) is 1. The molecule has 6 heteroatoms. The molecule has 1 aliphatic rings. The van der Waals surface area contributed by atoms with Gasteiger partial charge < -0.3 is 15.0 Å². The lowest BCUT2D eigenvalue weighted by molar-refractivity contribution is 0.122. The van der Waals surface area contributed by atoms with Crippen LogP contribution < -0.4 is 10.2 Å². The van der Waals surface area contributed by atoms with Crippen molar-refractivity contribution >= 4 is 40.0 Å². The molecule has 0 unspecified atom stereocenters. The minimum Gasteiger partial charge on any atom is -0.378 e. The molecule has 2 heterocycles. The van der Waals surface area contributed by atoms with Crippen molar-refractivity contribution in [1.29, 1.82) is 0 Å². The number of para-hydroxylation sites is 1. The van der Waals surface area contributed by atoms with Gasteiger partial charge in [-0.15, -0.1) is 0 Å². The Hall–Kier alpha value is -2.37. The molecule has 3 aromatic rings. The maximum Gasteiger partial charge on any atom is 0.228 e. The number of ether oxygens (including phenoxy) is 1. The van der Waals surface area contributed by atoms with Gasteiger partial charge in [-0.2, -0.15) is 4.98 Å². The van der Waals surface area contributed by atoms with Crippen LogP contribution in [-0.2, 0) is 4.74 Å². The van der Waals surface area contributed by atoms with Crippen molar-refractivity contribution in [3.8, 4) is 0 Å². The van der Waals surface area contributed by atoms with E-state index in [2.05, 4.69) is 10.2 Å². The van der Waals surface area contributed by atoms with E-state index >= 15 is 0 Å². The SMILES string of the molecule is Clc1ccc(Nc2nc(N3CCOCC3)nc3ccccc23)cc1. The van der Waals surface area contributed by atoms with Crippen LogP contribution in [0.1, 0.15) is 0 Å². The first-order chi connectivity index (χ1) is 11.8. The topological polar surface area (TPSA) is 50.3 Å². The second kappa shape index (κ2) is 6.63. The lowest BCUT2D eigenvalue weighted by Gasteiger charge is -2.27. The highest BCUT2D eigenvalue weighted by Gasteiger charge is 2.16. The lowest BCUT2D eigenvalue weighted by Crippen LogP contribution is -2.37. The molecule has 1 fully saturated rings. The predicted molar refractivity (Wildman–Crippen MR) is 97.3 cm³/mol. The average molecular weight is 341 g/mol. The summed E-state index contributed by atoms with van der Waals surface area (Å²) in [6.45, 7) is 3.02. The van der Waals surface area contributed by atoms with Gasteiger partial charge in [0.1, 0.15) is 5.82 Å². The first-order valence-electron chi connectivity index (χ1n) is 7.92. The summed E-state index contributed by atoms with van der Waals surface area (Å²) >= 11 is 5.96. The lowest BCUT2D eigenvalue weighted by atomic mass is 10.2. The van der Waals surface area contributed by atoms with Crippen LogP contribution in [0.2, 0.25) is 5.02 Å². The third kappa shape index (κ3) is 3.13. The molecular weight excluding hydrogens is 324 g/mol. The highest BCUT2D eigenvalue weighted by molar-refractivity contribution is 6.30. The van der Waals surface area contributed by atoms with Gasteiger partial charge in [-0.05, 0) is 36.4 Å². The molecule has 0 radical (unpaired) electrons. The largest absolute Gasteiger partial charge is 0.378 e. The van der Waals surface area contributed by atoms with Crippen molar-refractivity contribution in [2.24, 2.45) is 0 Å². The first kappa shape index (κ1) is 15.2. The number of halogens is 1. The fourth-order valence-corrected chi connectivity index (χ4v) is 2.86. The molecule has 1 aromatic heterocycles. The van der Waals surface area contributed by atoms with Crippen molar-refractivity contribution in [3.05, 3.63) is 53.6 Å². The highest BCUT2D eigenvalue weighted by Crippen LogP contribution is 2.27. The van der Waals surface area contributed by atoms with Crippen molar-refractivity contribution in [1.82, 2.24) is 9.97 Å². The highest BCUT2D eigenvalue weighted by atomic mass is 35.5. The summed E-state index contributed by atoms with van der Waals surface area (Å²) in [7, 11) is 0. The van der Waals surface area contributed by atoms with Gasteiger partial charge in [0.25, 0.3) is 0 Å². The smallest absolute Gasteiger partial charge is 0.228 e. The molecule has 1 aliphatic heterocycles. The molecule has 122 valence electrons. The molecular formula is C18H17ClN4O. The standard InChI is InChI=1S/C18H17ClN4O/c19-13-5-7-14(8-6-13)20-17-15-3-1-2-4-16(15)21-18(22-17)23-9-11-24-12-10-23/h1-8H,9-12H2,(H,20,21,22). The van der Waals surface area contributed by atoms with E-state index in [1.165, 1.54) is 0 Å². The summed E-state index contributed by atoms with van der Waals surface area (Å²) in [5.41, 5.74) is 1.86. The summed E-state index contributed by atoms with van der Waals surface area (Å²) in [6, 6.07) is 15.6. The van der Waals surface area contributed by atoms with Crippen LogP contribution in [0.4, 0.5) is 17.5 Å². The molecule has 1 N–H and O–H groups in total. The van der Waals surface area contributed by atoms with Crippen molar-refractivity contribution in [2.45, 2.75) is 0 Å². The molecule has 0 aliphatic carbocycles. The van der Waals surface area contributed by atoms with E-state index < -0.39 is 0 Å². The Balaban J connectivity index is 1.75. The van der Waals surface area contributed by atoms with E-state index in [1.807, 2.05) is 48.5 Å². The summed E-state index contributed by atoms with van der Waals surface area (Å²) in [5.74, 6) is 1.53. The summed E-state index contributed by atoms with van der Waals surface area (Å²) in [6.07, 6.45) is 0. The zero-order chi connectivity index (χ0) is 16.4. The predicted octanol–water partition coefficient (Wildman–Crippen LogP) is 3.86. The van der Waals surface area contributed by atoms with Crippen LogP contribution >= 0.6 is 11.6 Å². The van der Waals surface area contributed by atoms with Gasteiger partial charge in [-0.1, -0.05) is 23.7 Å². The number of nitrogens with one attached hydrogen (secondary N) is 1. The van der Waals surface area contributed by atoms with Crippen LogP contribution in [0.15, 0.2) is 48.5 Å². The quantitative estimate of drug-likeness (QED) is 0.784. The van der Waals surface area contributed by atoms with E-state index in [-0.39, 0.29) is 0 Å². The monoisotopic (exact) mass is 340 g/mol. The van der Waals surface area contributed by atoms with Crippen LogP contribution in [0.5, 0.6) is 0 Å². The number of hydrogen-bond acceptors (Lipinski definition) is 5. The minimum atomic E-state index is 0.704. The molecule has 0 saturated carbocycles. The summed E-state index contributed by atoms with van der Waals surface area (Å²) in [4.78, 5) is 11.6. The summed E-state index contributed by atoms with van der Waals surface area (Å²) < 4.78 is 5.42. The maximum atomic E-state index is 5.96. The van der Waals surface area contributed by atoms with Gasteiger partial charge in [0.15, 0.2) is 0 Å². The molecule has 0 atom stereocenters. The van der Waals surface area contributed by atoms with Gasteiger partial charge in [0.2, 0.25) is 5.95 Å². The van der Waals surface area contributed by atoms with E-state index in [4.69, 9.17) is 26.3 Å². The van der Waals surface area contributed by atoms with E-state index in [0.29, 0.717) is 18.2 Å². The minimum absolute atomic E-state index is 0.704. The third-order valence-electron chi connectivity index (χ3n) is 3.99. The van der Waals surface area contributed by atoms with Gasteiger partial charge in [-0.25, -0.2) is 4.98 Å². The Labute approximate surface area is 145 Å². The van der Waals surface area contributed by atoms with Crippen molar-refractivity contribution in [2.75, 3.05) is 36.5 Å². The fourth-order valence-electron chi connectivity index (χ4n) is 2.73. The number of nitrogens with zero attached hydrogens (tertiary/aromatic N) is 3. The molecule has 24 heavy (non-hydrogen) atoms. The molecule has 0 bridgehead atoms. The Bertz CT molecular complexity index is 847. The van der Waals surface area contributed by atoms with Crippen LogP contribution in [0, 0.1) is 0 Å². The first-order valence-corrected chi connectivity index (χ1v) is 8.29. The van der Waals surface area contributed by atoms with Gasteiger partial charge >= 0.3 is 0 Å². The van der Waals surface area contributed by atoms with Crippen LogP contribution in [0.25, 0.3) is 10.9 Å². The second-order valence-corrected chi connectivity index (χ2v) is 6.06. The third-order valence-corrected chi connectivity index (χ3v) is 4.24. The van der Waals surface area contributed by atoms with E-state index in [9.17, 15) is 0 Å². The zero-order valence-electron chi connectivity index (χ0n) is 13.1. The Morgan fingerprint density at radius 2 is 1.71 bits per heavy atom. The summed E-state index contributed by atoms with van der Waals surface area (Å²) in [5, 5.41) is 5.09. The number of benzene rings is 2. The number of fused-ring (bicyclic) bond motifs is 1. The molecule has 5 nitrogen and oxygen atoms in total. The Kier molecular flexibility index (Phi) is 4.19. The van der Waals surface area contributed by atoms with E-state index in [1.54, 1.807) is 0 Å². The molecule has 0 amide bonds. The maximum absolute atomic E-state index is 5.96. The Morgan fingerprint density at radius 3 is 2.50 bits per heavy atom. The molecule has 4 rings (SSSR count). The number of morpholine rings is 1. The van der Waals surface area contributed by atoms with E-state index in [0.717, 1.165) is 41.4 Å². The van der Waals surface area contributed by atoms with Gasteiger partial charge in [-0.3, -0.25) is 0 Å². The van der Waals surface area contributed by atoms with Gasteiger partial charge in [0.05, 0.1) is 18.7 Å². The van der Waals surface area contributed by atoms with Crippen LogP contribution in [-0.4, -0.2) is 36.3 Å². The van der Waals surface area contributed by atoms with Crippen molar-refractivity contribution < 1.29 is 4.74 Å². The zero-order valence-corrected chi connectivity index (χ0v) is 13.8. The molecule has 2 aromatic carbocycles. The normalized spacial score (nSPS) is 14.8. The fraction of sp³-hybridized carbons (Fsp3) is 0.222. The second-order valence-electron chi connectivity index (χ2n) is 5.62. The molecule has 0 spiro atoms. The Morgan fingerprint density at radius 1 is 0.958 bits per heavy atom. The number of aromatic nitrogens is 2. The number of anilines is 3. The van der Waals surface area contributed by atoms with Gasteiger partial charge in [0, 0.05) is 29.2 Å². The van der Waals surface area contributed by atoms with Crippen LogP contribution in [0.3, 0.4) is 0 Å². The van der Waals surface area contributed by atoms with Crippen molar-refractivity contribution in [3.63, 3.8) is 0 Å². The number of rotatable bonds is 3. The average Bonchev–Trinajstić information content (AvgIpc) is 2.64. The molecule has 1 saturated heterocycles.